The average Bonchev–Trinajstić information content (AvgIpc) is 3.54. The van der Waals surface area contributed by atoms with Crippen LogP contribution in [-0.2, 0) is 17.8 Å². The summed E-state index contributed by atoms with van der Waals surface area (Å²) in [5.41, 5.74) is 3.37. The van der Waals surface area contributed by atoms with E-state index in [4.69, 9.17) is 4.42 Å². The number of nitrogens with zero attached hydrogens (tertiary/aromatic N) is 4. The fraction of sp³-hybridized carbons (Fsp3) is 0.208. The first-order valence-electron chi connectivity index (χ1n) is 10.3. The molecule has 0 saturated heterocycles. The summed E-state index contributed by atoms with van der Waals surface area (Å²) in [5.74, 6) is 1.40. The molecule has 0 aliphatic carbocycles. The van der Waals surface area contributed by atoms with Gasteiger partial charge in [-0.15, -0.1) is 10.2 Å². The van der Waals surface area contributed by atoms with Crippen LogP contribution in [0.25, 0.3) is 11.6 Å². The zero-order chi connectivity index (χ0) is 21.2. The van der Waals surface area contributed by atoms with Crippen molar-refractivity contribution in [3.05, 3.63) is 84.1 Å². The molecule has 0 N–H and O–H groups in total. The standard InChI is InChI=1S/C24H22N4O2S/c1-17(23(29)27-14-13-19-10-5-6-11-20(19)27)31-24-26-25-22(21-12-7-15-30-21)28(24)16-18-8-3-2-4-9-18/h2-12,15,17H,13-14,16H2,1H3/t17-/m0/s1. The number of fused-ring (bicyclic) bond motifs is 1. The average molecular weight is 431 g/mol. The van der Waals surface area contributed by atoms with E-state index >= 15 is 0 Å². The molecule has 2 aromatic heterocycles. The molecule has 7 heteroatoms. The minimum Gasteiger partial charge on any atom is -0.461 e. The second-order valence-electron chi connectivity index (χ2n) is 7.48. The molecule has 0 unspecified atom stereocenters. The molecule has 4 aromatic rings. The predicted octanol–water partition coefficient (Wildman–Crippen LogP) is 4.66. The summed E-state index contributed by atoms with van der Waals surface area (Å²) >= 11 is 1.43. The Hall–Kier alpha value is -3.32. The summed E-state index contributed by atoms with van der Waals surface area (Å²) in [6, 6.07) is 22.0. The normalized spacial score (nSPS) is 13.9. The zero-order valence-corrected chi connectivity index (χ0v) is 18.0. The van der Waals surface area contributed by atoms with Gasteiger partial charge in [0.1, 0.15) is 0 Å². The molecule has 5 rings (SSSR count). The minimum absolute atomic E-state index is 0.0868. The van der Waals surface area contributed by atoms with Gasteiger partial charge < -0.3 is 9.32 Å². The van der Waals surface area contributed by atoms with Crippen LogP contribution < -0.4 is 4.90 Å². The number of para-hydroxylation sites is 1. The zero-order valence-electron chi connectivity index (χ0n) is 17.1. The number of carbonyl (C=O) groups excluding carboxylic acids is 1. The molecule has 0 spiro atoms. The van der Waals surface area contributed by atoms with Gasteiger partial charge in [0.25, 0.3) is 0 Å². The van der Waals surface area contributed by atoms with Gasteiger partial charge >= 0.3 is 0 Å². The van der Waals surface area contributed by atoms with E-state index in [9.17, 15) is 4.79 Å². The van der Waals surface area contributed by atoms with Crippen molar-refractivity contribution >= 4 is 23.4 Å². The molecule has 6 nitrogen and oxygen atoms in total. The Bertz CT molecular complexity index is 1190. The molecule has 3 heterocycles. The number of thioether (sulfide) groups is 1. The summed E-state index contributed by atoms with van der Waals surface area (Å²) < 4.78 is 7.59. The first-order valence-corrected chi connectivity index (χ1v) is 11.2. The number of hydrogen-bond donors (Lipinski definition) is 0. The van der Waals surface area contributed by atoms with E-state index in [1.165, 1.54) is 17.3 Å². The molecule has 1 aliphatic heterocycles. The molecule has 0 radical (unpaired) electrons. The highest BCUT2D eigenvalue weighted by Gasteiger charge is 2.30. The van der Waals surface area contributed by atoms with Crippen LogP contribution in [0.1, 0.15) is 18.1 Å². The van der Waals surface area contributed by atoms with Crippen molar-refractivity contribution in [3.8, 4) is 11.6 Å². The maximum atomic E-state index is 13.2. The van der Waals surface area contributed by atoms with Crippen LogP contribution in [0.3, 0.4) is 0 Å². The van der Waals surface area contributed by atoms with Gasteiger partial charge in [-0.05, 0) is 42.7 Å². The van der Waals surface area contributed by atoms with Crippen molar-refractivity contribution in [2.75, 3.05) is 11.4 Å². The molecular formula is C24H22N4O2S. The minimum atomic E-state index is -0.297. The summed E-state index contributed by atoms with van der Waals surface area (Å²) in [4.78, 5) is 15.1. The first kappa shape index (κ1) is 19.6. The SMILES string of the molecule is C[C@H](Sc1nnc(-c2ccco2)n1Cc1ccccc1)C(=O)N1CCc2ccccc21. The topological polar surface area (TPSA) is 64.2 Å². The van der Waals surface area contributed by atoms with E-state index in [2.05, 4.69) is 28.4 Å². The van der Waals surface area contributed by atoms with Gasteiger partial charge in [0.15, 0.2) is 10.9 Å². The number of hydrogen-bond acceptors (Lipinski definition) is 5. The van der Waals surface area contributed by atoms with E-state index in [0.717, 1.165) is 24.2 Å². The number of rotatable bonds is 6. The van der Waals surface area contributed by atoms with Crippen molar-refractivity contribution in [2.24, 2.45) is 0 Å². The van der Waals surface area contributed by atoms with Crippen LogP contribution in [0, 0.1) is 0 Å². The Morgan fingerprint density at radius 2 is 1.87 bits per heavy atom. The fourth-order valence-corrected chi connectivity index (χ4v) is 4.78. The molecule has 31 heavy (non-hydrogen) atoms. The summed E-state index contributed by atoms with van der Waals surface area (Å²) in [7, 11) is 0. The lowest BCUT2D eigenvalue weighted by molar-refractivity contribution is -0.117. The van der Waals surface area contributed by atoms with Gasteiger partial charge in [-0.2, -0.15) is 0 Å². The second-order valence-corrected chi connectivity index (χ2v) is 8.79. The third-order valence-corrected chi connectivity index (χ3v) is 6.49. The molecule has 156 valence electrons. The molecule has 1 atom stereocenters. The van der Waals surface area contributed by atoms with Crippen molar-refractivity contribution in [2.45, 2.75) is 30.3 Å². The Labute approximate surface area is 184 Å². The molecule has 2 aromatic carbocycles. The van der Waals surface area contributed by atoms with Gasteiger partial charge in [-0.1, -0.05) is 60.3 Å². The molecule has 1 amide bonds. The predicted molar refractivity (Wildman–Crippen MR) is 121 cm³/mol. The van der Waals surface area contributed by atoms with Gasteiger partial charge in [-0.3, -0.25) is 9.36 Å². The first-order chi connectivity index (χ1) is 15.2. The Morgan fingerprint density at radius 1 is 1.06 bits per heavy atom. The van der Waals surface area contributed by atoms with Crippen LogP contribution in [0.4, 0.5) is 5.69 Å². The number of benzene rings is 2. The van der Waals surface area contributed by atoms with E-state index in [-0.39, 0.29) is 11.2 Å². The summed E-state index contributed by atoms with van der Waals surface area (Å²) in [5, 5.41) is 9.18. The van der Waals surface area contributed by atoms with Crippen LogP contribution in [0.5, 0.6) is 0 Å². The van der Waals surface area contributed by atoms with E-state index in [0.29, 0.717) is 23.3 Å². The van der Waals surface area contributed by atoms with E-state index in [1.54, 1.807) is 6.26 Å². The lowest BCUT2D eigenvalue weighted by Gasteiger charge is -2.21. The van der Waals surface area contributed by atoms with Gasteiger partial charge in [0.2, 0.25) is 11.7 Å². The van der Waals surface area contributed by atoms with Gasteiger partial charge in [0, 0.05) is 12.2 Å². The van der Waals surface area contributed by atoms with Crippen molar-refractivity contribution < 1.29 is 9.21 Å². The highest BCUT2D eigenvalue weighted by atomic mass is 32.2. The van der Waals surface area contributed by atoms with Gasteiger partial charge in [0.05, 0.1) is 18.1 Å². The summed E-state index contributed by atoms with van der Waals surface area (Å²) in [6.45, 7) is 3.25. The molecular weight excluding hydrogens is 408 g/mol. The number of anilines is 1. The van der Waals surface area contributed by atoms with Crippen molar-refractivity contribution in [3.63, 3.8) is 0 Å². The maximum absolute atomic E-state index is 13.2. The molecule has 0 fully saturated rings. The Morgan fingerprint density at radius 3 is 2.68 bits per heavy atom. The van der Waals surface area contributed by atoms with Crippen LogP contribution in [0.15, 0.2) is 82.6 Å². The lowest BCUT2D eigenvalue weighted by atomic mass is 10.2. The second kappa shape index (κ2) is 8.43. The molecule has 0 saturated carbocycles. The quantitative estimate of drug-likeness (QED) is 0.417. The molecule has 1 aliphatic rings. The Balaban J connectivity index is 1.42. The van der Waals surface area contributed by atoms with Crippen molar-refractivity contribution in [1.29, 1.82) is 0 Å². The summed E-state index contributed by atoms with van der Waals surface area (Å²) in [6.07, 6.45) is 2.52. The largest absolute Gasteiger partial charge is 0.461 e. The third kappa shape index (κ3) is 3.88. The van der Waals surface area contributed by atoms with E-state index in [1.807, 2.05) is 64.9 Å². The Kier molecular flexibility index (Phi) is 5.34. The van der Waals surface area contributed by atoms with Crippen LogP contribution in [-0.4, -0.2) is 32.5 Å². The third-order valence-electron chi connectivity index (χ3n) is 5.43. The number of carbonyl (C=O) groups is 1. The highest BCUT2D eigenvalue weighted by Crippen LogP contribution is 2.32. The highest BCUT2D eigenvalue weighted by molar-refractivity contribution is 8.00. The smallest absolute Gasteiger partial charge is 0.240 e. The van der Waals surface area contributed by atoms with E-state index < -0.39 is 0 Å². The fourth-order valence-electron chi connectivity index (χ4n) is 3.87. The number of furan rings is 1. The van der Waals surface area contributed by atoms with Gasteiger partial charge in [-0.25, -0.2) is 0 Å². The number of aromatic nitrogens is 3. The van der Waals surface area contributed by atoms with Crippen molar-refractivity contribution in [1.82, 2.24) is 14.8 Å². The lowest BCUT2D eigenvalue weighted by Crippen LogP contribution is -2.35. The van der Waals surface area contributed by atoms with Crippen LogP contribution in [0.2, 0.25) is 0 Å². The number of amides is 1. The molecule has 0 bridgehead atoms. The van der Waals surface area contributed by atoms with Crippen LogP contribution >= 0.6 is 11.8 Å². The monoisotopic (exact) mass is 430 g/mol. The maximum Gasteiger partial charge on any atom is 0.240 e.